The number of amides is 1. The Morgan fingerprint density at radius 1 is 1.08 bits per heavy atom. The molecule has 1 aliphatic rings. The molecule has 5 rings (SSSR count). The van der Waals surface area contributed by atoms with Gasteiger partial charge >= 0.3 is 5.97 Å². The maximum atomic E-state index is 13.0. The van der Waals surface area contributed by atoms with E-state index in [0.717, 1.165) is 16.8 Å². The van der Waals surface area contributed by atoms with Gasteiger partial charge in [0.15, 0.2) is 5.11 Å². The molecular formula is C28H24N4O4S. The van der Waals surface area contributed by atoms with Crippen LogP contribution in [0, 0.1) is 6.92 Å². The molecule has 0 saturated carbocycles. The topological polar surface area (TPSA) is 108 Å². The van der Waals surface area contributed by atoms with Crippen LogP contribution in [0.5, 0.6) is 0 Å². The minimum Gasteiger partial charge on any atom is -0.478 e. The molecule has 8 nitrogen and oxygen atoms in total. The number of rotatable bonds is 7. The third kappa shape index (κ3) is 5.07. The summed E-state index contributed by atoms with van der Waals surface area (Å²) in [6.07, 6.45) is 1.71. The number of hydrogen-bond donors (Lipinski definition) is 3. The van der Waals surface area contributed by atoms with Crippen molar-refractivity contribution in [3.05, 3.63) is 108 Å². The number of nitrogens with one attached hydrogen (secondary N) is 2. The van der Waals surface area contributed by atoms with Crippen LogP contribution >= 0.6 is 12.2 Å². The minimum atomic E-state index is -0.983. The molecule has 4 aromatic rings. The highest BCUT2D eigenvalue weighted by atomic mass is 32.1. The summed E-state index contributed by atoms with van der Waals surface area (Å²) in [5, 5.41) is 15.9. The van der Waals surface area contributed by atoms with Gasteiger partial charge in [-0.2, -0.15) is 0 Å². The number of hydrogen-bond acceptors (Lipinski definition) is 5. The third-order valence-corrected chi connectivity index (χ3v) is 6.58. The molecule has 3 N–H and O–H groups in total. The molecule has 2 aromatic carbocycles. The average Bonchev–Trinajstić information content (AvgIpc) is 3.49. The Bertz CT molecular complexity index is 1460. The number of aromatic nitrogens is 1. The zero-order chi connectivity index (χ0) is 25.9. The fourth-order valence-electron chi connectivity index (χ4n) is 4.49. The van der Waals surface area contributed by atoms with Crippen molar-refractivity contribution in [2.75, 3.05) is 11.9 Å². The predicted molar refractivity (Wildman–Crippen MR) is 143 cm³/mol. The summed E-state index contributed by atoms with van der Waals surface area (Å²) in [7, 11) is 0. The second kappa shape index (κ2) is 10.2. The van der Waals surface area contributed by atoms with E-state index in [-0.39, 0.29) is 24.1 Å². The minimum absolute atomic E-state index is 0.0110. The van der Waals surface area contributed by atoms with Crippen LogP contribution in [0.1, 0.15) is 39.5 Å². The lowest BCUT2D eigenvalue weighted by atomic mass is 10.0. The molecule has 1 aliphatic heterocycles. The number of pyridine rings is 1. The number of carbonyl (C=O) groups is 2. The molecule has 0 unspecified atom stereocenters. The summed E-state index contributed by atoms with van der Waals surface area (Å²) in [6, 6.07) is 22.7. The van der Waals surface area contributed by atoms with Crippen LogP contribution in [-0.4, -0.2) is 38.5 Å². The van der Waals surface area contributed by atoms with Gasteiger partial charge in [0.05, 0.1) is 17.3 Å². The van der Waals surface area contributed by atoms with Gasteiger partial charge in [-0.25, -0.2) is 4.79 Å². The third-order valence-electron chi connectivity index (χ3n) is 6.23. The van der Waals surface area contributed by atoms with Crippen molar-refractivity contribution in [2.45, 2.75) is 19.0 Å². The molecule has 0 aliphatic carbocycles. The summed E-state index contributed by atoms with van der Waals surface area (Å²) < 4.78 is 6.32. The first kappa shape index (κ1) is 24.2. The van der Waals surface area contributed by atoms with Gasteiger partial charge in [-0.15, -0.1) is 0 Å². The van der Waals surface area contributed by atoms with E-state index in [1.54, 1.807) is 29.3 Å². The summed E-state index contributed by atoms with van der Waals surface area (Å²) in [5.74, 6) is -0.000190. The van der Waals surface area contributed by atoms with Crippen LogP contribution in [-0.2, 0) is 4.79 Å². The van der Waals surface area contributed by atoms with Crippen LogP contribution in [0.4, 0.5) is 5.69 Å². The second-order valence-corrected chi connectivity index (χ2v) is 9.09. The molecule has 3 heterocycles. The highest BCUT2D eigenvalue weighted by Crippen LogP contribution is 2.40. The van der Waals surface area contributed by atoms with Crippen LogP contribution in [0.3, 0.4) is 0 Å². The SMILES string of the molecule is Cc1cc(C(=O)O)ccc1-c1ccc([C@@H]2[C@@H](c3ccccn3)NC(=S)N2CC(=O)Nc2ccccc2)o1. The maximum absolute atomic E-state index is 13.0. The van der Waals surface area contributed by atoms with E-state index in [0.29, 0.717) is 22.3 Å². The van der Waals surface area contributed by atoms with E-state index < -0.39 is 12.0 Å². The molecule has 0 radical (unpaired) electrons. The Balaban J connectivity index is 1.47. The Kier molecular flexibility index (Phi) is 6.70. The van der Waals surface area contributed by atoms with Gasteiger partial charge in [-0.05, 0) is 73.2 Å². The monoisotopic (exact) mass is 512 g/mol. The number of aromatic carboxylic acids is 1. The lowest BCUT2D eigenvalue weighted by Crippen LogP contribution is -2.36. The van der Waals surface area contributed by atoms with Crippen molar-refractivity contribution < 1.29 is 19.1 Å². The fraction of sp³-hybridized carbons (Fsp3) is 0.143. The summed E-state index contributed by atoms with van der Waals surface area (Å²) in [4.78, 5) is 30.6. The zero-order valence-electron chi connectivity index (χ0n) is 19.9. The number of furan rings is 1. The first-order chi connectivity index (χ1) is 17.9. The summed E-state index contributed by atoms with van der Waals surface area (Å²) in [6.45, 7) is 1.85. The lowest BCUT2D eigenvalue weighted by Gasteiger charge is -2.25. The summed E-state index contributed by atoms with van der Waals surface area (Å²) >= 11 is 5.65. The Hall–Kier alpha value is -4.50. The molecule has 9 heteroatoms. The van der Waals surface area contributed by atoms with Gasteiger partial charge in [0.1, 0.15) is 24.1 Å². The number of carboxylic acid groups (broad SMARTS) is 1. The molecule has 2 aromatic heterocycles. The van der Waals surface area contributed by atoms with Crippen LogP contribution in [0.25, 0.3) is 11.3 Å². The van der Waals surface area contributed by atoms with Gasteiger partial charge in [0.25, 0.3) is 0 Å². The second-order valence-electron chi connectivity index (χ2n) is 8.71. The fourth-order valence-corrected chi connectivity index (χ4v) is 4.80. The quantitative estimate of drug-likeness (QED) is 0.298. The van der Waals surface area contributed by atoms with Gasteiger partial charge in [-0.3, -0.25) is 9.78 Å². The summed E-state index contributed by atoms with van der Waals surface area (Å²) in [5.41, 5.74) is 3.24. The van der Waals surface area contributed by atoms with Crippen molar-refractivity contribution in [1.82, 2.24) is 15.2 Å². The van der Waals surface area contributed by atoms with E-state index in [2.05, 4.69) is 15.6 Å². The van der Waals surface area contributed by atoms with E-state index >= 15 is 0 Å². The van der Waals surface area contributed by atoms with E-state index in [4.69, 9.17) is 16.6 Å². The molecule has 37 heavy (non-hydrogen) atoms. The molecule has 186 valence electrons. The highest BCUT2D eigenvalue weighted by Gasteiger charge is 2.42. The normalized spacial score (nSPS) is 16.9. The van der Waals surface area contributed by atoms with E-state index in [1.807, 2.05) is 67.6 Å². The molecule has 0 bridgehead atoms. The Morgan fingerprint density at radius 2 is 1.86 bits per heavy atom. The van der Waals surface area contributed by atoms with Gasteiger partial charge in [0.2, 0.25) is 5.91 Å². The Labute approximate surface area is 219 Å². The molecule has 1 fully saturated rings. The maximum Gasteiger partial charge on any atom is 0.335 e. The first-order valence-electron chi connectivity index (χ1n) is 11.7. The van der Waals surface area contributed by atoms with Gasteiger partial charge in [0, 0.05) is 17.4 Å². The van der Waals surface area contributed by atoms with Crippen molar-refractivity contribution >= 4 is 34.9 Å². The number of para-hydroxylation sites is 1. The standard InChI is InChI=1S/C28H24N4O4S/c1-17-15-18(27(34)35)10-11-20(17)22-12-13-23(36-22)26-25(21-9-5-6-14-29-21)31-28(37)32(26)16-24(33)30-19-7-3-2-4-8-19/h2-15,25-26H,16H2,1H3,(H,30,33)(H,31,37)(H,34,35)/t25-,26-/m1/s1. The largest absolute Gasteiger partial charge is 0.478 e. The van der Waals surface area contributed by atoms with Crippen molar-refractivity contribution in [2.24, 2.45) is 0 Å². The first-order valence-corrected chi connectivity index (χ1v) is 12.1. The predicted octanol–water partition coefficient (Wildman–Crippen LogP) is 4.96. The van der Waals surface area contributed by atoms with Crippen LogP contribution in [0.15, 0.2) is 89.5 Å². The van der Waals surface area contributed by atoms with Crippen molar-refractivity contribution in [1.29, 1.82) is 0 Å². The smallest absolute Gasteiger partial charge is 0.335 e. The molecular weight excluding hydrogens is 488 g/mol. The molecule has 2 atom stereocenters. The average molecular weight is 513 g/mol. The lowest BCUT2D eigenvalue weighted by molar-refractivity contribution is -0.116. The van der Waals surface area contributed by atoms with Crippen molar-refractivity contribution in [3.63, 3.8) is 0 Å². The molecule has 1 amide bonds. The number of aryl methyl sites for hydroxylation is 1. The van der Waals surface area contributed by atoms with E-state index in [1.165, 1.54) is 0 Å². The zero-order valence-corrected chi connectivity index (χ0v) is 20.7. The van der Waals surface area contributed by atoms with Gasteiger partial charge in [-0.1, -0.05) is 30.3 Å². The van der Waals surface area contributed by atoms with Gasteiger partial charge < -0.3 is 25.1 Å². The highest BCUT2D eigenvalue weighted by molar-refractivity contribution is 7.80. The molecule has 1 saturated heterocycles. The molecule has 0 spiro atoms. The number of carbonyl (C=O) groups excluding carboxylic acids is 1. The van der Waals surface area contributed by atoms with E-state index in [9.17, 15) is 14.7 Å². The number of thiocarbonyl (C=S) groups is 1. The Morgan fingerprint density at radius 3 is 2.57 bits per heavy atom. The van der Waals surface area contributed by atoms with Crippen LogP contribution in [0.2, 0.25) is 0 Å². The number of anilines is 1. The van der Waals surface area contributed by atoms with Crippen LogP contribution < -0.4 is 10.6 Å². The number of carboxylic acids is 1. The number of benzene rings is 2. The van der Waals surface area contributed by atoms with Crippen molar-refractivity contribution in [3.8, 4) is 11.3 Å². The number of nitrogens with zero attached hydrogens (tertiary/aromatic N) is 2.